The van der Waals surface area contributed by atoms with Gasteiger partial charge in [0, 0.05) is 11.4 Å². The van der Waals surface area contributed by atoms with Crippen LogP contribution in [0.15, 0.2) is 36.4 Å². The molecule has 1 heterocycles. The Bertz CT molecular complexity index is 694. The van der Waals surface area contributed by atoms with E-state index in [-0.39, 0.29) is 17.8 Å². The topological polar surface area (TPSA) is 41.6 Å². The quantitative estimate of drug-likeness (QED) is 0.699. The lowest BCUT2D eigenvalue weighted by atomic mass is 10.1. The summed E-state index contributed by atoms with van der Waals surface area (Å²) in [7, 11) is 0. The van der Waals surface area contributed by atoms with E-state index in [1.807, 2.05) is 19.9 Å². The first-order valence-electron chi connectivity index (χ1n) is 7.73. The van der Waals surface area contributed by atoms with Gasteiger partial charge in [0.25, 0.3) is 0 Å². The maximum Gasteiger partial charge on any atom is 0.387 e. The number of halogens is 3. The van der Waals surface area contributed by atoms with Gasteiger partial charge in [-0.2, -0.15) is 8.78 Å². The summed E-state index contributed by atoms with van der Waals surface area (Å²) in [4.78, 5) is 15.1. The maximum atomic E-state index is 12.4. The number of hydrogen-bond donors (Lipinski definition) is 1. The van der Waals surface area contributed by atoms with Crippen molar-refractivity contribution >= 4 is 29.0 Å². The zero-order chi connectivity index (χ0) is 18.4. The summed E-state index contributed by atoms with van der Waals surface area (Å²) >= 11 is 7.36. The standard InChI is InChI=1S/C17H19ClF2N2O2S/c1-3-22(10-14-8-9-15(18)25-14)17(23)21-11(2)12-4-6-13(7-5-12)24-16(19)20/h4-9,11,16H,3,10H2,1-2H3,(H,21,23). The van der Waals surface area contributed by atoms with Crippen LogP contribution in [-0.2, 0) is 6.54 Å². The number of urea groups is 1. The van der Waals surface area contributed by atoms with E-state index in [1.165, 1.54) is 23.5 Å². The molecule has 0 aliphatic rings. The number of carbonyl (C=O) groups is 1. The molecule has 1 aromatic heterocycles. The predicted molar refractivity (Wildman–Crippen MR) is 95.4 cm³/mol. The van der Waals surface area contributed by atoms with Crippen LogP contribution in [0.5, 0.6) is 5.75 Å². The van der Waals surface area contributed by atoms with Crippen LogP contribution in [0, 0.1) is 0 Å². The van der Waals surface area contributed by atoms with Crippen LogP contribution < -0.4 is 10.1 Å². The molecule has 4 nitrogen and oxygen atoms in total. The Kier molecular flexibility index (Phi) is 7.01. The summed E-state index contributed by atoms with van der Waals surface area (Å²) in [6.07, 6.45) is 0. The summed E-state index contributed by atoms with van der Waals surface area (Å²) in [5, 5.41) is 2.90. The SMILES string of the molecule is CCN(Cc1ccc(Cl)s1)C(=O)NC(C)c1ccc(OC(F)F)cc1. The molecule has 0 fully saturated rings. The van der Waals surface area contributed by atoms with Gasteiger partial charge in [-0.05, 0) is 43.7 Å². The number of benzene rings is 1. The van der Waals surface area contributed by atoms with E-state index in [0.29, 0.717) is 17.4 Å². The van der Waals surface area contributed by atoms with Gasteiger partial charge < -0.3 is 15.0 Å². The summed E-state index contributed by atoms with van der Waals surface area (Å²) in [5.74, 6) is 0.0852. The highest BCUT2D eigenvalue weighted by Crippen LogP contribution is 2.23. The van der Waals surface area contributed by atoms with Crippen molar-refractivity contribution in [3.8, 4) is 5.75 Å². The Morgan fingerprint density at radius 3 is 2.48 bits per heavy atom. The second kappa shape index (κ2) is 9.01. The number of carbonyl (C=O) groups excluding carboxylic acids is 1. The Balaban J connectivity index is 1.95. The van der Waals surface area contributed by atoms with Crippen molar-refractivity contribution in [1.82, 2.24) is 10.2 Å². The van der Waals surface area contributed by atoms with Crippen molar-refractivity contribution in [1.29, 1.82) is 0 Å². The molecule has 0 bridgehead atoms. The number of amides is 2. The summed E-state index contributed by atoms with van der Waals surface area (Å²) in [6.45, 7) is 1.90. The third-order valence-corrected chi connectivity index (χ3v) is 4.81. The van der Waals surface area contributed by atoms with Gasteiger partial charge in [0.2, 0.25) is 0 Å². The Labute approximate surface area is 154 Å². The molecular formula is C17H19ClF2N2O2S. The molecule has 2 rings (SSSR count). The third-order valence-electron chi connectivity index (χ3n) is 3.59. The number of nitrogens with zero attached hydrogens (tertiary/aromatic N) is 1. The lowest BCUT2D eigenvalue weighted by Gasteiger charge is -2.24. The Morgan fingerprint density at radius 1 is 1.28 bits per heavy atom. The highest BCUT2D eigenvalue weighted by molar-refractivity contribution is 7.16. The first-order valence-corrected chi connectivity index (χ1v) is 8.93. The van der Waals surface area contributed by atoms with Gasteiger partial charge in [-0.3, -0.25) is 0 Å². The van der Waals surface area contributed by atoms with Gasteiger partial charge in [0.15, 0.2) is 0 Å². The van der Waals surface area contributed by atoms with Crippen molar-refractivity contribution in [2.45, 2.75) is 33.0 Å². The molecule has 8 heteroatoms. The van der Waals surface area contributed by atoms with E-state index in [9.17, 15) is 13.6 Å². The number of rotatable bonds is 7. The minimum Gasteiger partial charge on any atom is -0.435 e. The van der Waals surface area contributed by atoms with E-state index >= 15 is 0 Å². The second-order valence-electron chi connectivity index (χ2n) is 5.34. The van der Waals surface area contributed by atoms with E-state index in [2.05, 4.69) is 10.1 Å². The smallest absolute Gasteiger partial charge is 0.387 e. The van der Waals surface area contributed by atoms with Crippen LogP contribution in [0.3, 0.4) is 0 Å². The fourth-order valence-electron chi connectivity index (χ4n) is 2.25. The highest BCUT2D eigenvalue weighted by Gasteiger charge is 2.16. The first kappa shape index (κ1) is 19.5. The van der Waals surface area contributed by atoms with Crippen molar-refractivity contribution in [2.75, 3.05) is 6.54 Å². The van der Waals surface area contributed by atoms with Crippen molar-refractivity contribution in [2.24, 2.45) is 0 Å². The molecule has 2 amide bonds. The molecule has 0 aliphatic heterocycles. The molecule has 2 aromatic rings. The summed E-state index contributed by atoms with van der Waals surface area (Å²) < 4.78 is 29.3. The molecule has 1 aromatic carbocycles. The zero-order valence-corrected chi connectivity index (χ0v) is 15.4. The zero-order valence-electron chi connectivity index (χ0n) is 13.8. The monoisotopic (exact) mass is 388 g/mol. The molecule has 1 unspecified atom stereocenters. The van der Waals surface area contributed by atoms with E-state index in [4.69, 9.17) is 11.6 Å². The van der Waals surface area contributed by atoms with Gasteiger partial charge in [-0.15, -0.1) is 11.3 Å². The fourth-order valence-corrected chi connectivity index (χ4v) is 3.35. The molecule has 0 spiro atoms. The van der Waals surface area contributed by atoms with Crippen molar-refractivity contribution < 1.29 is 18.3 Å². The van der Waals surface area contributed by atoms with E-state index in [0.717, 1.165) is 10.4 Å². The molecule has 1 N–H and O–H groups in total. The van der Waals surface area contributed by atoms with Gasteiger partial charge in [0.05, 0.1) is 16.9 Å². The first-order chi connectivity index (χ1) is 11.9. The number of nitrogens with one attached hydrogen (secondary N) is 1. The molecule has 0 saturated heterocycles. The number of hydrogen-bond acceptors (Lipinski definition) is 3. The van der Waals surface area contributed by atoms with Crippen LogP contribution in [0.1, 0.15) is 30.3 Å². The molecule has 0 saturated carbocycles. The summed E-state index contributed by atoms with van der Waals surface area (Å²) in [6, 6.07) is 9.44. The minimum atomic E-state index is -2.85. The molecular weight excluding hydrogens is 370 g/mol. The lowest BCUT2D eigenvalue weighted by molar-refractivity contribution is -0.0498. The fraction of sp³-hybridized carbons (Fsp3) is 0.353. The van der Waals surface area contributed by atoms with Gasteiger partial charge in [-0.1, -0.05) is 23.7 Å². The normalized spacial score (nSPS) is 12.1. The molecule has 0 radical (unpaired) electrons. The highest BCUT2D eigenvalue weighted by atomic mass is 35.5. The van der Waals surface area contributed by atoms with Crippen LogP contribution >= 0.6 is 22.9 Å². The Hall–Kier alpha value is -1.86. The average molecular weight is 389 g/mol. The van der Waals surface area contributed by atoms with Gasteiger partial charge in [0.1, 0.15) is 5.75 Å². The third kappa shape index (κ3) is 5.86. The maximum absolute atomic E-state index is 12.4. The molecule has 0 aliphatic carbocycles. The number of ether oxygens (including phenoxy) is 1. The number of thiophene rings is 1. The van der Waals surface area contributed by atoms with E-state index < -0.39 is 6.61 Å². The minimum absolute atomic E-state index is 0.0852. The predicted octanol–water partition coefficient (Wildman–Crippen LogP) is 5.30. The van der Waals surface area contributed by atoms with Gasteiger partial charge in [-0.25, -0.2) is 4.79 Å². The summed E-state index contributed by atoms with van der Waals surface area (Å²) in [5.41, 5.74) is 0.796. The van der Waals surface area contributed by atoms with Crippen molar-refractivity contribution in [3.63, 3.8) is 0 Å². The number of alkyl halides is 2. The average Bonchev–Trinajstić information content (AvgIpc) is 2.97. The van der Waals surface area contributed by atoms with Crippen LogP contribution in [0.4, 0.5) is 13.6 Å². The lowest BCUT2D eigenvalue weighted by Crippen LogP contribution is -2.40. The van der Waals surface area contributed by atoms with E-state index in [1.54, 1.807) is 23.1 Å². The van der Waals surface area contributed by atoms with Crippen molar-refractivity contribution in [3.05, 3.63) is 51.2 Å². The molecule has 25 heavy (non-hydrogen) atoms. The molecule has 136 valence electrons. The van der Waals surface area contributed by atoms with Crippen LogP contribution in [0.25, 0.3) is 0 Å². The van der Waals surface area contributed by atoms with Crippen LogP contribution in [-0.4, -0.2) is 24.1 Å². The second-order valence-corrected chi connectivity index (χ2v) is 7.14. The van der Waals surface area contributed by atoms with Crippen LogP contribution in [0.2, 0.25) is 4.34 Å². The Morgan fingerprint density at radius 2 is 1.96 bits per heavy atom. The largest absolute Gasteiger partial charge is 0.435 e. The van der Waals surface area contributed by atoms with Gasteiger partial charge >= 0.3 is 12.6 Å². The molecule has 1 atom stereocenters.